The number of phenols is 1. The topological polar surface area (TPSA) is 101 Å². The maximum absolute atomic E-state index is 12.5. The lowest BCUT2D eigenvalue weighted by Gasteiger charge is -2.11. The third-order valence-corrected chi connectivity index (χ3v) is 5.06. The lowest BCUT2D eigenvalue weighted by Crippen LogP contribution is -2.27. The van der Waals surface area contributed by atoms with Crippen LogP contribution in [0.5, 0.6) is 5.75 Å². The van der Waals surface area contributed by atoms with Crippen molar-refractivity contribution in [2.45, 2.75) is 0 Å². The minimum Gasteiger partial charge on any atom is -0.501 e. The first-order chi connectivity index (χ1) is 11.9. The molecular formula is C16H9IN2O5S. The Morgan fingerprint density at radius 1 is 1.20 bits per heavy atom. The van der Waals surface area contributed by atoms with Gasteiger partial charge in [-0.25, -0.2) is 4.90 Å². The molecule has 0 aliphatic carbocycles. The van der Waals surface area contributed by atoms with E-state index in [1.165, 1.54) is 12.1 Å². The number of hydrogen-bond donors (Lipinski definition) is 1. The van der Waals surface area contributed by atoms with E-state index in [9.17, 15) is 24.8 Å². The number of benzene rings is 2. The van der Waals surface area contributed by atoms with Crippen LogP contribution in [0, 0.1) is 13.7 Å². The third-order valence-electron chi connectivity index (χ3n) is 3.37. The second-order valence-electron chi connectivity index (χ2n) is 4.98. The summed E-state index contributed by atoms with van der Waals surface area (Å²) in [4.78, 5) is 36.2. The molecule has 0 spiro atoms. The van der Waals surface area contributed by atoms with Gasteiger partial charge in [0.25, 0.3) is 11.1 Å². The molecule has 0 bridgehead atoms. The fourth-order valence-electron chi connectivity index (χ4n) is 2.25. The zero-order chi connectivity index (χ0) is 18.1. The molecule has 1 aliphatic rings. The van der Waals surface area contributed by atoms with E-state index < -0.39 is 27.5 Å². The van der Waals surface area contributed by atoms with Crippen molar-refractivity contribution < 1.29 is 19.6 Å². The summed E-state index contributed by atoms with van der Waals surface area (Å²) in [7, 11) is 0. The number of para-hydroxylation sites is 1. The number of rotatable bonds is 3. The number of imide groups is 1. The van der Waals surface area contributed by atoms with Gasteiger partial charge in [0.05, 0.1) is 19.1 Å². The number of nitro groups is 1. The van der Waals surface area contributed by atoms with E-state index in [0.717, 1.165) is 22.7 Å². The van der Waals surface area contributed by atoms with Crippen molar-refractivity contribution in [2.75, 3.05) is 4.90 Å². The predicted molar refractivity (Wildman–Crippen MR) is 102 cm³/mol. The van der Waals surface area contributed by atoms with Gasteiger partial charge in [-0.2, -0.15) is 0 Å². The van der Waals surface area contributed by atoms with Crippen LogP contribution in [0.3, 0.4) is 0 Å². The molecule has 0 aromatic heterocycles. The zero-order valence-electron chi connectivity index (χ0n) is 12.4. The molecule has 0 radical (unpaired) electrons. The van der Waals surface area contributed by atoms with E-state index in [0.29, 0.717) is 11.3 Å². The molecule has 1 heterocycles. The van der Waals surface area contributed by atoms with E-state index in [-0.39, 0.29) is 8.48 Å². The van der Waals surface area contributed by atoms with Crippen molar-refractivity contribution in [3.05, 3.63) is 66.6 Å². The van der Waals surface area contributed by atoms with Crippen molar-refractivity contribution in [3.63, 3.8) is 0 Å². The minimum absolute atomic E-state index is 0.157. The lowest BCUT2D eigenvalue weighted by molar-refractivity contribution is -0.386. The smallest absolute Gasteiger partial charge is 0.312 e. The van der Waals surface area contributed by atoms with Crippen LogP contribution in [0.1, 0.15) is 5.56 Å². The van der Waals surface area contributed by atoms with Gasteiger partial charge >= 0.3 is 5.69 Å². The van der Waals surface area contributed by atoms with E-state index in [1.807, 2.05) is 0 Å². The predicted octanol–water partition coefficient (Wildman–Crippen LogP) is 4.15. The van der Waals surface area contributed by atoms with E-state index in [4.69, 9.17) is 0 Å². The van der Waals surface area contributed by atoms with Gasteiger partial charge in [0.2, 0.25) is 5.75 Å². The highest BCUT2D eigenvalue weighted by atomic mass is 127. The summed E-state index contributed by atoms with van der Waals surface area (Å²) in [5.41, 5.74) is 0.354. The third kappa shape index (κ3) is 3.37. The first kappa shape index (κ1) is 17.4. The Morgan fingerprint density at radius 3 is 2.52 bits per heavy atom. The van der Waals surface area contributed by atoms with Gasteiger partial charge in [-0.1, -0.05) is 18.2 Å². The first-order valence-corrected chi connectivity index (χ1v) is 8.78. The van der Waals surface area contributed by atoms with Crippen LogP contribution in [-0.2, 0) is 4.79 Å². The maximum atomic E-state index is 12.5. The molecule has 25 heavy (non-hydrogen) atoms. The van der Waals surface area contributed by atoms with E-state index in [1.54, 1.807) is 52.9 Å². The normalized spacial score (nSPS) is 15.9. The van der Waals surface area contributed by atoms with Crippen LogP contribution in [0.25, 0.3) is 6.08 Å². The molecule has 1 saturated heterocycles. The fourth-order valence-corrected chi connectivity index (χ4v) is 3.72. The molecule has 1 fully saturated rings. The molecule has 0 atom stereocenters. The fraction of sp³-hybridized carbons (Fsp3) is 0. The van der Waals surface area contributed by atoms with Gasteiger partial charge in [-0.15, -0.1) is 0 Å². The molecular weight excluding hydrogens is 459 g/mol. The number of amides is 2. The molecule has 7 nitrogen and oxygen atoms in total. The van der Waals surface area contributed by atoms with Crippen molar-refractivity contribution in [2.24, 2.45) is 0 Å². The van der Waals surface area contributed by atoms with Crippen LogP contribution >= 0.6 is 34.4 Å². The summed E-state index contributed by atoms with van der Waals surface area (Å²) < 4.78 is 0.278. The number of nitro benzene ring substituents is 1. The number of aromatic hydroxyl groups is 1. The number of hydrogen-bond acceptors (Lipinski definition) is 6. The number of anilines is 1. The molecule has 0 saturated carbocycles. The van der Waals surface area contributed by atoms with E-state index in [2.05, 4.69) is 0 Å². The monoisotopic (exact) mass is 468 g/mol. The summed E-state index contributed by atoms with van der Waals surface area (Å²) in [6.45, 7) is 0. The average Bonchev–Trinajstić information content (AvgIpc) is 2.85. The molecule has 126 valence electrons. The summed E-state index contributed by atoms with van der Waals surface area (Å²) in [5.74, 6) is -0.924. The van der Waals surface area contributed by atoms with Gasteiger partial charge < -0.3 is 5.11 Å². The Morgan fingerprint density at radius 2 is 1.88 bits per heavy atom. The molecule has 3 rings (SSSR count). The van der Waals surface area contributed by atoms with Crippen molar-refractivity contribution >= 4 is 62.9 Å². The molecule has 1 N–H and O–H groups in total. The van der Waals surface area contributed by atoms with Crippen molar-refractivity contribution in [3.8, 4) is 5.75 Å². The van der Waals surface area contributed by atoms with Gasteiger partial charge in [-0.05, 0) is 64.2 Å². The molecule has 2 amide bonds. The highest BCUT2D eigenvalue weighted by Crippen LogP contribution is 2.37. The molecule has 2 aromatic carbocycles. The second-order valence-corrected chi connectivity index (χ2v) is 7.14. The maximum Gasteiger partial charge on any atom is 0.312 e. The summed E-state index contributed by atoms with van der Waals surface area (Å²) in [6.07, 6.45) is 1.41. The van der Waals surface area contributed by atoms with Crippen LogP contribution in [-0.4, -0.2) is 21.2 Å². The van der Waals surface area contributed by atoms with Crippen molar-refractivity contribution in [1.29, 1.82) is 0 Å². The number of carbonyl (C=O) groups excluding carboxylic acids is 2. The molecule has 0 unspecified atom stereocenters. The Bertz CT molecular complexity index is 930. The summed E-state index contributed by atoms with van der Waals surface area (Å²) in [6, 6.07) is 11.2. The first-order valence-electron chi connectivity index (χ1n) is 6.88. The van der Waals surface area contributed by atoms with E-state index >= 15 is 0 Å². The Kier molecular flexibility index (Phi) is 4.77. The van der Waals surface area contributed by atoms with Gasteiger partial charge in [0.15, 0.2) is 0 Å². The second kappa shape index (κ2) is 6.84. The quantitative estimate of drug-likeness (QED) is 0.315. The lowest BCUT2D eigenvalue weighted by atomic mass is 10.1. The number of halogens is 1. The van der Waals surface area contributed by atoms with Gasteiger partial charge in [-0.3, -0.25) is 19.7 Å². The largest absolute Gasteiger partial charge is 0.501 e. The molecule has 9 heteroatoms. The minimum atomic E-state index is -0.704. The highest BCUT2D eigenvalue weighted by Gasteiger charge is 2.36. The number of carbonyl (C=O) groups is 2. The van der Waals surface area contributed by atoms with Crippen LogP contribution in [0.2, 0.25) is 0 Å². The van der Waals surface area contributed by atoms with Crippen molar-refractivity contribution in [1.82, 2.24) is 0 Å². The molecule has 1 aliphatic heterocycles. The standard InChI is InChI=1S/C16H9IN2O5S/c17-11-6-9(7-12(14(11)20)19(23)24)8-13-15(21)18(16(22)25-13)10-4-2-1-3-5-10/h1-8,20H/b13-8-. The SMILES string of the molecule is O=C1S/C(=C\c2cc(I)c(O)c([N+](=O)[O-])c2)C(=O)N1c1ccccc1. The van der Waals surface area contributed by atoms with Crippen LogP contribution < -0.4 is 4.90 Å². The molecule has 2 aromatic rings. The highest BCUT2D eigenvalue weighted by molar-refractivity contribution is 14.1. The zero-order valence-corrected chi connectivity index (χ0v) is 15.4. The number of phenolic OH excluding ortho intramolecular Hbond substituents is 1. The number of nitrogens with zero attached hydrogens (tertiary/aromatic N) is 2. The Labute approximate surface area is 159 Å². The van der Waals surface area contributed by atoms with Gasteiger partial charge in [0, 0.05) is 6.07 Å². The Balaban J connectivity index is 1.99. The van der Waals surface area contributed by atoms with Gasteiger partial charge in [0.1, 0.15) is 0 Å². The summed E-state index contributed by atoms with van der Waals surface area (Å²) >= 11 is 2.52. The van der Waals surface area contributed by atoms with Crippen LogP contribution in [0.15, 0.2) is 47.4 Å². The summed E-state index contributed by atoms with van der Waals surface area (Å²) in [5, 5.41) is 20.3. The number of thioether (sulfide) groups is 1. The van der Waals surface area contributed by atoms with Crippen LogP contribution in [0.4, 0.5) is 16.2 Å². The average molecular weight is 468 g/mol. The Hall–Kier alpha value is -2.40.